The summed E-state index contributed by atoms with van der Waals surface area (Å²) in [4.78, 5) is 11.8. The van der Waals surface area contributed by atoms with Crippen LogP contribution in [0.4, 0.5) is 9.18 Å². The molecule has 0 aromatic heterocycles. The van der Waals surface area contributed by atoms with Crippen molar-refractivity contribution in [2.24, 2.45) is 0 Å². The summed E-state index contributed by atoms with van der Waals surface area (Å²) in [5.41, 5.74) is -0.698. The Hall–Kier alpha value is -1.66. The van der Waals surface area contributed by atoms with Crippen LogP contribution < -0.4 is 10.6 Å². The molecule has 0 bridgehead atoms. The lowest BCUT2D eigenvalue weighted by atomic mass is 9.96. The van der Waals surface area contributed by atoms with Crippen molar-refractivity contribution in [1.82, 2.24) is 10.6 Å². The zero-order chi connectivity index (χ0) is 15.3. The number of hydrogen-bond donors (Lipinski definition) is 3. The molecule has 1 atom stereocenters. The molecule has 3 N–H and O–H groups in total. The monoisotopic (exact) mass is 296 g/mol. The van der Waals surface area contributed by atoms with Gasteiger partial charge in [-0.15, -0.1) is 0 Å². The van der Waals surface area contributed by atoms with Gasteiger partial charge in [0.2, 0.25) is 0 Å². The molecule has 5 nitrogen and oxygen atoms in total. The number of urea groups is 1. The largest absolute Gasteiger partial charge is 0.384 e. The molecule has 21 heavy (non-hydrogen) atoms. The molecule has 1 saturated heterocycles. The fraction of sp³-hybridized carbons (Fsp3) is 0.533. The Bertz CT molecular complexity index is 470. The smallest absolute Gasteiger partial charge is 0.315 e. The van der Waals surface area contributed by atoms with Gasteiger partial charge in [0, 0.05) is 19.3 Å². The quantitative estimate of drug-likeness (QED) is 0.789. The molecule has 0 aliphatic carbocycles. The maximum Gasteiger partial charge on any atom is 0.315 e. The van der Waals surface area contributed by atoms with Crippen LogP contribution in [0.2, 0.25) is 0 Å². The minimum atomic E-state index is -1.25. The number of aliphatic hydroxyl groups is 1. The van der Waals surface area contributed by atoms with E-state index >= 15 is 0 Å². The highest BCUT2D eigenvalue weighted by Crippen LogP contribution is 2.19. The highest BCUT2D eigenvalue weighted by Gasteiger charge is 2.24. The molecule has 2 amide bonds. The first kappa shape index (κ1) is 15.7. The highest BCUT2D eigenvalue weighted by molar-refractivity contribution is 5.74. The van der Waals surface area contributed by atoms with Gasteiger partial charge in [0.15, 0.2) is 0 Å². The minimum Gasteiger partial charge on any atom is -0.384 e. The van der Waals surface area contributed by atoms with Gasteiger partial charge in [-0.2, -0.15) is 0 Å². The molecule has 0 saturated carbocycles. The van der Waals surface area contributed by atoms with Crippen LogP contribution in [0.15, 0.2) is 24.3 Å². The zero-order valence-electron chi connectivity index (χ0n) is 12.1. The molecule has 1 unspecified atom stereocenters. The van der Waals surface area contributed by atoms with Crippen molar-refractivity contribution in [2.45, 2.75) is 31.4 Å². The standard InChI is InChI=1S/C15H21FN2O3/c1-15(20,11-2-4-12(16)5-3-11)10-17-14(19)18-13-6-8-21-9-7-13/h2-5,13,20H,6-10H2,1H3,(H2,17,18,19). The summed E-state index contributed by atoms with van der Waals surface area (Å²) in [7, 11) is 0. The van der Waals surface area contributed by atoms with Gasteiger partial charge < -0.3 is 20.5 Å². The molecule has 0 radical (unpaired) electrons. The molecular weight excluding hydrogens is 275 g/mol. The SMILES string of the molecule is CC(O)(CNC(=O)NC1CCOCC1)c1ccc(F)cc1. The van der Waals surface area contributed by atoms with E-state index in [1.54, 1.807) is 6.92 Å². The zero-order valence-corrected chi connectivity index (χ0v) is 12.1. The average Bonchev–Trinajstić information content (AvgIpc) is 2.47. The van der Waals surface area contributed by atoms with E-state index in [0.717, 1.165) is 12.8 Å². The van der Waals surface area contributed by atoms with E-state index < -0.39 is 5.60 Å². The van der Waals surface area contributed by atoms with Gasteiger partial charge >= 0.3 is 6.03 Å². The van der Waals surface area contributed by atoms with E-state index in [9.17, 15) is 14.3 Å². The molecule has 1 aliphatic rings. The summed E-state index contributed by atoms with van der Waals surface area (Å²) < 4.78 is 18.1. The number of carbonyl (C=O) groups is 1. The second kappa shape index (κ2) is 6.87. The molecule has 1 aromatic carbocycles. The summed E-state index contributed by atoms with van der Waals surface area (Å²) in [6.07, 6.45) is 1.59. The number of ether oxygens (including phenoxy) is 1. The molecular formula is C15H21FN2O3. The number of amides is 2. The van der Waals surface area contributed by atoms with Crippen molar-refractivity contribution in [3.63, 3.8) is 0 Å². The van der Waals surface area contributed by atoms with Crippen LogP contribution in [0.5, 0.6) is 0 Å². The molecule has 116 valence electrons. The lowest BCUT2D eigenvalue weighted by Gasteiger charge is -2.26. The third-order valence-corrected chi connectivity index (χ3v) is 3.62. The Kier molecular flexibility index (Phi) is 5.14. The molecule has 2 rings (SSSR count). The lowest BCUT2D eigenvalue weighted by molar-refractivity contribution is 0.0578. The van der Waals surface area contributed by atoms with E-state index in [0.29, 0.717) is 18.8 Å². The number of carbonyl (C=O) groups excluding carboxylic acids is 1. The second-order valence-electron chi connectivity index (χ2n) is 5.49. The van der Waals surface area contributed by atoms with Crippen LogP contribution in [-0.4, -0.2) is 36.9 Å². The van der Waals surface area contributed by atoms with Crippen LogP contribution in [0.1, 0.15) is 25.3 Å². The Labute approximate surface area is 123 Å². The van der Waals surface area contributed by atoms with Crippen molar-refractivity contribution in [3.05, 3.63) is 35.6 Å². The lowest BCUT2D eigenvalue weighted by Crippen LogP contribution is -2.48. The summed E-state index contributed by atoms with van der Waals surface area (Å²) >= 11 is 0. The van der Waals surface area contributed by atoms with Gasteiger partial charge in [-0.3, -0.25) is 0 Å². The molecule has 1 aliphatic heterocycles. The first-order valence-electron chi connectivity index (χ1n) is 7.08. The van der Waals surface area contributed by atoms with Gasteiger partial charge in [0.25, 0.3) is 0 Å². The van der Waals surface area contributed by atoms with E-state index in [2.05, 4.69) is 10.6 Å². The third kappa shape index (κ3) is 4.68. The maximum atomic E-state index is 12.9. The first-order valence-corrected chi connectivity index (χ1v) is 7.08. The van der Waals surface area contributed by atoms with Crippen LogP contribution >= 0.6 is 0 Å². The Morgan fingerprint density at radius 2 is 2.00 bits per heavy atom. The van der Waals surface area contributed by atoms with E-state index in [-0.39, 0.29) is 24.4 Å². The van der Waals surface area contributed by atoms with Gasteiger partial charge in [0.05, 0.1) is 6.54 Å². The minimum absolute atomic E-state index is 0.0493. The van der Waals surface area contributed by atoms with Crippen molar-refractivity contribution in [2.75, 3.05) is 19.8 Å². The van der Waals surface area contributed by atoms with Crippen molar-refractivity contribution in [1.29, 1.82) is 0 Å². The number of benzene rings is 1. The topological polar surface area (TPSA) is 70.6 Å². The Morgan fingerprint density at radius 3 is 2.62 bits per heavy atom. The number of hydrogen-bond acceptors (Lipinski definition) is 3. The summed E-state index contributed by atoms with van der Waals surface area (Å²) in [5.74, 6) is -0.361. The third-order valence-electron chi connectivity index (χ3n) is 3.62. The van der Waals surface area contributed by atoms with Gasteiger partial charge in [-0.1, -0.05) is 12.1 Å². The van der Waals surface area contributed by atoms with Crippen LogP contribution in [0.25, 0.3) is 0 Å². The van der Waals surface area contributed by atoms with Crippen LogP contribution in [0, 0.1) is 5.82 Å². The van der Waals surface area contributed by atoms with Crippen LogP contribution in [-0.2, 0) is 10.3 Å². The highest BCUT2D eigenvalue weighted by atomic mass is 19.1. The van der Waals surface area contributed by atoms with Crippen molar-refractivity contribution >= 4 is 6.03 Å². The van der Waals surface area contributed by atoms with Gasteiger partial charge in [-0.25, -0.2) is 9.18 Å². The average molecular weight is 296 g/mol. The number of rotatable bonds is 4. The predicted octanol–water partition coefficient (Wildman–Crippen LogP) is 1.51. The fourth-order valence-corrected chi connectivity index (χ4v) is 2.24. The molecule has 0 spiro atoms. The van der Waals surface area contributed by atoms with Gasteiger partial charge in [0.1, 0.15) is 11.4 Å². The molecule has 1 heterocycles. The first-order chi connectivity index (χ1) is 9.97. The fourth-order valence-electron chi connectivity index (χ4n) is 2.24. The summed E-state index contributed by atoms with van der Waals surface area (Å²) in [5, 5.41) is 15.8. The van der Waals surface area contributed by atoms with Crippen LogP contribution in [0.3, 0.4) is 0 Å². The Balaban J connectivity index is 1.82. The van der Waals surface area contributed by atoms with Gasteiger partial charge in [-0.05, 0) is 37.5 Å². The summed E-state index contributed by atoms with van der Waals surface area (Å²) in [6.45, 7) is 2.93. The van der Waals surface area contributed by atoms with Crippen molar-refractivity contribution in [3.8, 4) is 0 Å². The van der Waals surface area contributed by atoms with E-state index in [4.69, 9.17) is 4.74 Å². The van der Waals surface area contributed by atoms with E-state index in [1.807, 2.05) is 0 Å². The second-order valence-corrected chi connectivity index (χ2v) is 5.49. The predicted molar refractivity (Wildman–Crippen MR) is 76.3 cm³/mol. The molecule has 1 fully saturated rings. The number of halogens is 1. The summed E-state index contributed by atoms with van der Waals surface area (Å²) in [6, 6.07) is 5.37. The molecule has 1 aromatic rings. The normalized spacial score (nSPS) is 18.8. The Morgan fingerprint density at radius 1 is 1.38 bits per heavy atom. The maximum absolute atomic E-state index is 12.9. The number of nitrogens with one attached hydrogen (secondary N) is 2. The van der Waals surface area contributed by atoms with Crippen molar-refractivity contribution < 1.29 is 19.0 Å². The molecule has 6 heteroatoms. The van der Waals surface area contributed by atoms with E-state index in [1.165, 1.54) is 24.3 Å².